The number of carbonyl (C=O) groups excluding carboxylic acids is 4. The number of nitrogens with one attached hydrogen (secondary N) is 4. The van der Waals surface area contributed by atoms with Gasteiger partial charge in [-0.3, -0.25) is 24.2 Å². The summed E-state index contributed by atoms with van der Waals surface area (Å²) in [6.45, 7) is -0.373. The Morgan fingerprint density at radius 1 is 1.06 bits per heavy atom. The number of carboxylic acid groups (broad SMARTS) is 1. The highest BCUT2D eigenvalue weighted by atomic mass is 16.4. The van der Waals surface area contributed by atoms with Crippen LogP contribution >= 0.6 is 0 Å². The van der Waals surface area contributed by atoms with Gasteiger partial charge in [-0.25, -0.2) is 9.78 Å². The van der Waals surface area contributed by atoms with Gasteiger partial charge in [0.1, 0.15) is 12.1 Å². The number of H-pyrrole nitrogens is 1. The molecule has 0 saturated carbocycles. The molecule has 3 atom stereocenters. The zero-order chi connectivity index (χ0) is 26.4. The summed E-state index contributed by atoms with van der Waals surface area (Å²) in [6, 6.07) is -3.40. The van der Waals surface area contributed by atoms with Gasteiger partial charge in [0.25, 0.3) is 0 Å². The fourth-order valence-corrected chi connectivity index (χ4v) is 2.86. The highest BCUT2D eigenvalue weighted by Crippen LogP contribution is 2.02. The van der Waals surface area contributed by atoms with Crippen molar-refractivity contribution in [3.05, 3.63) is 18.2 Å². The molecule has 0 fully saturated rings. The number of rotatable bonds is 16. The van der Waals surface area contributed by atoms with Crippen molar-refractivity contribution in [3.8, 4) is 0 Å². The Balaban J connectivity index is 2.70. The van der Waals surface area contributed by atoms with Crippen molar-refractivity contribution >= 4 is 35.6 Å². The number of carboxylic acids is 1. The Kier molecular flexibility index (Phi) is 12.2. The second-order valence-electron chi connectivity index (χ2n) is 7.58. The molecule has 0 saturated heterocycles. The Morgan fingerprint density at radius 2 is 1.77 bits per heavy atom. The molecule has 0 radical (unpaired) electrons. The smallest absolute Gasteiger partial charge is 0.326 e. The highest BCUT2D eigenvalue weighted by molar-refractivity contribution is 5.92. The van der Waals surface area contributed by atoms with Gasteiger partial charge in [-0.1, -0.05) is 0 Å². The molecular weight excluding hydrogens is 464 g/mol. The molecule has 16 heteroatoms. The number of primary amides is 1. The van der Waals surface area contributed by atoms with Gasteiger partial charge in [-0.15, -0.1) is 0 Å². The quantitative estimate of drug-likeness (QED) is 0.0603. The molecule has 0 aliphatic carbocycles. The van der Waals surface area contributed by atoms with Gasteiger partial charge in [0.2, 0.25) is 23.6 Å². The topological polar surface area (TPSA) is 287 Å². The SMILES string of the molecule is NC(=O)CCC(NC(=O)CNC(=O)C(CCCN=C(N)N)NC(=O)C(N)Cc1cnc[nH]1)C(=O)O. The Labute approximate surface area is 200 Å². The van der Waals surface area contributed by atoms with E-state index in [4.69, 9.17) is 28.0 Å². The number of imidazole rings is 1. The molecule has 1 aromatic heterocycles. The van der Waals surface area contributed by atoms with E-state index >= 15 is 0 Å². The monoisotopic (exact) mass is 496 g/mol. The summed E-state index contributed by atoms with van der Waals surface area (Å²) in [7, 11) is 0. The van der Waals surface area contributed by atoms with E-state index in [1.54, 1.807) is 0 Å². The van der Waals surface area contributed by atoms with Gasteiger partial charge in [-0.2, -0.15) is 0 Å². The van der Waals surface area contributed by atoms with Crippen LogP contribution in [-0.4, -0.2) is 81.8 Å². The normalized spacial score (nSPS) is 13.1. The van der Waals surface area contributed by atoms with Crippen molar-refractivity contribution in [3.63, 3.8) is 0 Å². The van der Waals surface area contributed by atoms with Crippen LogP contribution in [-0.2, 0) is 30.4 Å². The number of hydrogen-bond acceptors (Lipinski definition) is 8. The molecule has 194 valence electrons. The number of aromatic amines is 1. The van der Waals surface area contributed by atoms with Crippen LogP contribution in [0.1, 0.15) is 31.4 Å². The second kappa shape index (κ2) is 14.8. The number of hydrogen-bond donors (Lipinski definition) is 9. The lowest BCUT2D eigenvalue weighted by atomic mass is 10.1. The lowest BCUT2D eigenvalue weighted by Gasteiger charge is -2.21. The molecule has 0 spiro atoms. The number of aliphatic carboxylic acids is 1. The van der Waals surface area contributed by atoms with Crippen molar-refractivity contribution in [1.82, 2.24) is 25.9 Å². The van der Waals surface area contributed by atoms with Crippen LogP contribution in [0.2, 0.25) is 0 Å². The molecular formula is C19H32N10O6. The van der Waals surface area contributed by atoms with E-state index in [-0.39, 0.29) is 38.2 Å². The summed E-state index contributed by atoms with van der Waals surface area (Å²) in [5.41, 5.74) is 22.1. The predicted molar refractivity (Wildman–Crippen MR) is 123 cm³/mol. The standard InChI is InChI=1S/C19H32N10O6/c20-11(6-10-7-24-9-27-10)16(32)29-12(2-1-5-25-19(22)23)17(33)26-8-15(31)28-13(18(34)35)3-4-14(21)30/h7,9,11-13H,1-6,8,20H2,(H2,21,30)(H,24,27)(H,26,33)(H,28,31)(H,29,32)(H,34,35)(H4,22,23,25). The van der Waals surface area contributed by atoms with Crippen LogP contribution in [0.5, 0.6) is 0 Å². The molecule has 3 unspecified atom stereocenters. The molecule has 1 aromatic rings. The van der Waals surface area contributed by atoms with E-state index in [9.17, 15) is 24.0 Å². The lowest BCUT2D eigenvalue weighted by molar-refractivity contribution is -0.142. The van der Waals surface area contributed by atoms with E-state index in [0.29, 0.717) is 12.1 Å². The van der Waals surface area contributed by atoms with Gasteiger partial charge < -0.3 is 49.0 Å². The maximum Gasteiger partial charge on any atom is 0.326 e. The van der Waals surface area contributed by atoms with E-state index < -0.39 is 54.3 Å². The van der Waals surface area contributed by atoms with E-state index in [1.165, 1.54) is 12.5 Å². The molecule has 4 amide bonds. The van der Waals surface area contributed by atoms with Crippen LogP contribution in [0.4, 0.5) is 0 Å². The van der Waals surface area contributed by atoms with Crippen LogP contribution < -0.4 is 38.9 Å². The third kappa shape index (κ3) is 12.0. The molecule has 1 rings (SSSR count). The van der Waals surface area contributed by atoms with Crippen molar-refractivity contribution in [2.75, 3.05) is 13.1 Å². The van der Waals surface area contributed by atoms with Crippen LogP contribution in [0.15, 0.2) is 17.5 Å². The first-order chi connectivity index (χ1) is 16.5. The van der Waals surface area contributed by atoms with E-state index in [1.807, 2.05) is 0 Å². The molecule has 16 nitrogen and oxygen atoms in total. The van der Waals surface area contributed by atoms with E-state index in [2.05, 4.69) is 30.9 Å². The summed E-state index contributed by atoms with van der Waals surface area (Å²) in [5, 5.41) is 16.2. The first-order valence-corrected chi connectivity index (χ1v) is 10.7. The van der Waals surface area contributed by atoms with Crippen molar-refractivity contribution in [2.45, 2.75) is 50.2 Å². The number of nitrogens with zero attached hydrogens (tertiary/aromatic N) is 2. The molecule has 0 bridgehead atoms. The zero-order valence-electron chi connectivity index (χ0n) is 19.0. The molecule has 0 aliphatic rings. The average molecular weight is 497 g/mol. The van der Waals surface area contributed by atoms with Crippen molar-refractivity contribution < 1.29 is 29.1 Å². The van der Waals surface area contributed by atoms with Crippen LogP contribution in [0, 0.1) is 0 Å². The predicted octanol–water partition coefficient (Wildman–Crippen LogP) is -4.23. The Bertz CT molecular complexity index is 900. The van der Waals surface area contributed by atoms with Gasteiger partial charge in [0.05, 0.1) is 18.9 Å². The largest absolute Gasteiger partial charge is 0.480 e. The third-order valence-electron chi connectivity index (χ3n) is 4.65. The minimum atomic E-state index is -1.36. The maximum absolute atomic E-state index is 12.7. The lowest BCUT2D eigenvalue weighted by Crippen LogP contribution is -2.54. The summed E-state index contributed by atoms with van der Waals surface area (Å²) >= 11 is 0. The second-order valence-corrected chi connectivity index (χ2v) is 7.58. The van der Waals surface area contributed by atoms with Gasteiger partial charge in [0.15, 0.2) is 5.96 Å². The molecule has 35 heavy (non-hydrogen) atoms. The molecule has 13 N–H and O–H groups in total. The minimum Gasteiger partial charge on any atom is -0.480 e. The van der Waals surface area contributed by atoms with Crippen molar-refractivity contribution in [2.24, 2.45) is 27.9 Å². The van der Waals surface area contributed by atoms with Gasteiger partial charge in [-0.05, 0) is 19.3 Å². The third-order valence-corrected chi connectivity index (χ3v) is 4.65. The summed E-state index contributed by atoms with van der Waals surface area (Å²) < 4.78 is 0. The minimum absolute atomic E-state index is 0.127. The van der Waals surface area contributed by atoms with Gasteiger partial charge >= 0.3 is 5.97 Å². The van der Waals surface area contributed by atoms with Crippen LogP contribution in [0.25, 0.3) is 0 Å². The summed E-state index contributed by atoms with van der Waals surface area (Å²) in [5.74, 6) is -4.32. The number of carbonyl (C=O) groups is 5. The van der Waals surface area contributed by atoms with Crippen LogP contribution in [0.3, 0.4) is 0 Å². The van der Waals surface area contributed by atoms with E-state index in [0.717, 1.165) is 0 Å². The maximum atomic E-state index is 12.7. The average Bonchev–Trinajstić information content (AvgIpc) is 3.29. The van der Waals surface area contributed by atoms with Gasteiger partial charge in [0, 0.05) is 31.3 Å². The zero-order valence-corrected chi connectivity index (χ0v) is 19.0. The Hall–Kier alpha value is -4.21. The number of aliphatic imine (C=N–C) groups is 1. The molecule has 0 aromatic carbocycles. The number of guanidine groups is 1. The summed E-state index contributed by atoms with van der Waals surface area (Å²) in [6.07, 6.45) is 3.11. The molecule has 1 heterocycles. The Morgan fingerprint density at radius 3 is 2.34 bits per heavy atom. The number of nitrogens with two attached hydrogens (primary N) is 4. The highest BCUT2D eigenvalue weighted by Gasteiger charge is 2.25. The fraction of sp³-hybridized carbons (Fsp3) is 0.526. The number of aromatic nitrogens is 2. The van der Waals surface area contributed by atoms with Crippen molar-refractivity contribution in [1.29, 1.82) is 0 Å². The fourth-order valence-electron chi connectivity index (χ4n) is 2.86. The molecule has 0 aliphatic heterocycles. The first kappa shape index (κ1) is 28.8. The number of amides is 4. The first-order valence-electron chi connectivity index (χ1n) is 10.7. The summed E-state index contributed by atoms with van der Waals surface area (Å²) in [4.78, 5) is 69.9.